The molecule has 1 aliphatic heterocycles. The zero-order valence-electron chi connectivity index (χ0n) is 12.0. The molecule has 0 amide bonds. The average Bonchev–Trinajstić information content (AvgIpc) is 3.06. The Hall–Kier alpha value is -2.16. The van der Waals surface area contributed by atoms with Gasteiger partial charge in [0.25, 0.3) is 0 Å². The third kappa shape index (κ3) is 2.52. The topological polar surface area (TPSA) is 61.2 Å². The Morgan fingerprint density at radius 1 is 1.05 bits per heavy atom. The van der Waals surface area contributed by atoms with E-state index in [9.17, 15) is 13.7 Å². The van der Waals surface area contributed by atoms with Crippen LogP contribution in [-0.4, -0.2) is 19.3 Å². The van der Waals surface area contributed by atoms with Crippen molar-refractivity contribution in [3.05, 3.63) is 65.7 Å². The largest absolute Gasteiger partial charge is 0.244 e. The molecule has 0 N–H and O–H groups in total. The summed E-state index contributed by atoms with van der Waals surface area (Å²) in [7, 11) is -3.67. The summed E-state index contributed by atoms with van der Waals surface area (Å²) in [5.74, 6) is 0. The van der Waals surface area contributed by atoms with Crippen molar-refractivity contribution in [2.45, 2.75) is 23.8 Å². The van der Waals surface area contributed by atoms with E-state index < -0.39 is 10.0 Å². The lowest BCUT2D eigenvalue weighted by Gasteiger charge is -2.24. The number of nitriles is 1. The molecule has 0 spiro atoms. The second-order valence-electron chi connectivity index (χ2n) is 5.29. The van der Waals surface area contributed by atoms with Gasteiger partial charge in [-0.2, -0.15) is 9.57 Å². The van der Waals surface area contributed by atoms with Gasteiger partial charge in [-0.3, -0.25) is 0 Å². The second kappa shape index (κ2) is 5.91. The maximum atomic E-state index is 13.0. The van der Waals surface area contributed by atoms with Gasteiger partial charge in [-0.05, 0) is 30.5 Å². The molecule has 1 aliphatic rings. The smallest absolute Gasteiger partial charge is 0.207 e. The van der Waals surface area contributed by atoms with E-state index in [1.54, 1.807) is 18.2 Å². The lowest BCUT2D eigenvalue weighted by molar-refractivity contribution is 0.396. The Balaban J connectivity index is 2.04. The molecular weight excluding hydrogens is 296 g/mol. The first kappa shape index (κ1) is 14.8. The molecule has 22 heavy (non-hydrogen) atoms. The first-order valence-corrected chi connectivity index (χ1v) is 8.64. The predicted octanol–water partition coefficient (Wildman–Crippen LogP) is 3.08. The maximum Gasteiger partial charge on any atom is 0.244 e. The molecule has 2 aromatic rings. The van der Waals surface area contributed by atoms with Crippen molar-refractivity contribution in [2.24, 2.45) is 0 Å². The highest BCUT2D eigenvalue weighted by molar-refractivity contribution is 7.89. The van der Waals surface area contributed by atoms with Gasteiger partial charge >= 0.3 is 0 Å². The van der Waals surface area contributed by atoms with Gasteiger partial charge in [0, 0.05) is 6.54 Å². The van der Waals surface area contributed by atoms with Crippen LogP contribution in [0.2, 0.25) is 0 Å². The second-order valence-corrected chi connectivity index (χ2v) is 7.15. The third-order valence-electron chi connectivity index (χ3n) is 3.98. The van der Waals surface area contributed by atoms with Crippen molar-refractivity contribution in [1.82, 2.24) is 4.31 Å². The molecule has 0 bridgehead atoms. The summed E-state index contributed by atoms with van der Waals surface area (Å²) >= 11 is 0. The van der Waals surface area contributed by atoms with E-state index in [0.29, 0.717) is 6.54 Å². The number of rotatable bonds is 3. The minimum Gasteiger partial charge on any atom is -0.207 e. The van der Waals surface area contributed by atoms with Gasteiger partial charge in [-0.15, -0.1) is 0 Å². The van der Waals surface area contributed by atoms with E-state index in [0.717, 1.165) is 18.4 Å². The number of benzene rings is 2. The summed E-state index contributed by atoms with van der Waals surface area (Å²) in [5, 5.41) is 9.17. The van der Waals surface area contributed by atoms with E-state index in [2.05, 4.69) is 0 Å². The summed E-state index contributed by atoms with van der Waals surface area (Å²) in [6.07, 6.45) is 1.63. The van der Waals surface area contributed by atoms with Crippen LogP contribution in [0, 0.1) is 11.3 Å². The summed E-state index contributed by atoms with van der Waals surface area (Å²) in [6, 6.07) is 17.9. The van der Waals surface area contributed by atoms with Crippen molar-refractivity contribution >= 4 is 10.0 Å². The molecular formula is C17H16N2O2S. The lowest BCUT2D eigenvalue weighted by Crippen LogP contribution is -2.31. The van der Waals surface area contributed by atoms with Gasteiger partial charge in [0.2, 0.25) is 10.0 Å². The molecule has 0 aromatic heterocycles. The van der Waals surface area contributed by atoms with E-state index in [1.807, 2.05) is 36.4 Å². The molecule has 2 aromatic carbocycles. The molecule has 1 atom stereocenters. The zero-order valence-corrected chi connectivity index (χ0v) is 12.8. The first-order valence-electron chi connectivity index (χ1n) is 7.20. The highest BCUT2D eigenvalue weighted by Crippen LogP contribution is 2.36. The number of nitrogens with zero attached hydrogens (tertiary/aromatic N) is 2. The van der Waals surface area contributed by atoms with Gasteiger partial charge < -0.3 is 0 Å². The quantitative estimate of drug-likeness (QED) is 0.875. The van der Waals surface area contributed by atoms with Crippen molar-refractivity contribution < 1.29 is 8.42 Å². The first-order chi connectivity index (χ1) is 10.6. The summed E-state index contributed by atoms with van der Waals surface area (Å²) in [6.45, 7) is 0.488. The lowest BCUT2D eigenvalue weighted by atomic mass is 10.1. The highest BCUT2D eigenvalue weighted by atomic mass is 32.2. The SMILES string of the molecule is N#Cc1ccccc1S(=O)(=O)N1CCC[C@H]1c1ccccc1. The minimum atomic E-state index is -3.67. The van der Waals surface area contributed by atoms with Crippen LogP contribution in [0.3, 0.4) is 0 Å². The molecule has 0 radical (unpaired) electrons. The van der Waals surface area contributed by atoms with Crippen LogP contribution < -0.4 is 0 Å². The summed E-state index contributed by atoms with van der Waals surface area (Å²) in [4.78, 5) is 0.0975. The van der Waals surface area contributed by atoms with Crippen LogP contribution in [0.1, 0.15) is 30.0 Å². The van der Waals surface area contributed by atoms with Crippen LogP contribution in [0.25, 0.3) is 0 Å². The Bertz CT molecular complexity index is 810. The Labute approximate surface area is 130 Å². The number of hydrogen-bond donors (Lipinski definition) is 0. The minimum absolute atomic E-state index is 0.0975. The van der Waals surface area contributed by atoms with Crippen molar-refractivity contribution in [3.63, 3.8) is 0 Å². The van der Waals surface area contributed by atoms with Crippen molar-refractivity contribution in [1.29, 1.82) is 5.26 Å². The van der Waals surface area contributed by atoms with Crippen LogP contribution in [0.15, 0.2) is 59.5 Å². The standard InChI is InChI=1S/C17H16N2O2S/c18-13-15-9-4-5-11-17(15)22(20,21)19-12-6-10-16(19)14-7-2-1-3-8-14/h1-5,7-9,11,16H,6,10,12H2/t16-/m0/s1. The normalized spacial score (nSPS) is 19.0. The summed E-state index contributed by atoms with van der Waals surface area (Å²) in [5.41, 5.74) is 1.19. The molecule has 5 heteroatoms. The van der Waals surface area contributed by atoms with Gasteiger partial charge in [-0.25, -0.2) is 8.42 Å². The van der Waals surface area contributed by atoms with Crippen LogP contribution in [0.4, 0.5) is 0 Å². The molecule has 1 saturated heterocycles. The molecule has 0 saturated carbocycles. The Morgan fingerprint density at radius 3 is 2.45 bits per heavy atom. The molecule has 4 nitrogen and oxygen atoms in total. The fourth-order valence-corrected chi connectivity index (χ4v) is 4.77. The molecule has 0 unspecified atom stereocenters. The maximum absolute atomic E-state index is 13.0. The van der Waals surface area contributed by atoms with Crippen molar-refractivity contribution in [2.75, 3.05) is 6.54 Å². The zero-order chi connectivity index (χ0) is 15.6. The fraction of sp³-hybridized carbons (Fsp3) is 0.235. The van der Waals surface area contributed by atoms with Crippen molar-refractivity contribution in [3.8, 4) is 6.07 Å². The third-order valence-corrected chi connectivity index (χ3v) is 5.95. The van der Waals surface area contributed by atoms with Crippen LogP contribution in [0.5, 0.6) is 0 Å². The molecule has 1 fully saturated rings. The van der Waals surface area contributed by atoms with Gasteiger partial charge in [0.15, 0.2) is 0 Å². The summed E-state index contributed by atoms with van der Waals surface area (Å²) < 4.78 is 27.5. The van der Waals surface area contributed by atoms with E-state index in [-0.39, 0.29) is 16.5 Å². The van der Waals surface area contributed by atoms with Crippen LogP contribution >= 0.6 is 0 Å². The monoisotopic (exact) mass is 312 g/mol. The van der Waals surface area contributed by atoms with E-state index in [1.165, 1.54) is 10.4 Å². The Kier molecular flexibility index (Phi) is 3.97. The van der Waals surface area contributed by atoms with E-state index in [4.69, 9.17) is 0 Å². The highest BCUT2D eigenvalue weighted by Gasteiger charge is 2.37. The van der Waals surface area contributed by atoms with Crippen LogP contribution in [-0.2, 0) is 10.0 Å². The number of hydrogen-bond acceptors (Lipinski definition) is 3. The predicted molar refractivity (Wildman–Crippen MR) is 83.5 cm³/mol. The van der Waals surface area contributed by atoms with Gasteiger partial charge in [-0.1, -0.05) is 42.5 Å². The molecule has 1 heterocycles. The van der Waals surface area contributed by atoms with Gasteiger partial charge in [0.1, 0.15) is 6.07 Å². The number of sulfonamides is 1. The van der Waals surface area contributed by atoms with Gasteiger partial charge in [0.05, 0.1) is 16.5 Å². The fourth-order valence-electron chi connectivity index (χ4n) is 2.95. The Morgan fingerprint density at radius 2 is 1.73 bits per heavy atom. The molecule has 0 aliphatic carbocycles. The van der Waals surface area contributed by atoms with E-state index >= 15 is 0 Å². The molecule has 112 valence electrons. The molecule has 3 rings (SSSR count). The average molecular weight is 312 g/mol.